The van der Waals surface area contributed by atoms with Gasteiger partial charge in [-0.25, -0.2) is 4.98 Å². The molecule has 0 bridgehead atoms. The van der Waals surface area contributed by atoms with E-state index in [9.17, 15) is 0 Å². The Morgan fingerprint density at radius 2 is 1.84 bits per heavy atom. The topological polar surface area (TPSA) is 17.8 Å². The Hall–Kier alpha value is -0.440. The molecule has 1 aromatic heterocycles. The average Bonchev–Trinajstić information content (AvgIpc) is 2.69. The molecular formula is C14H17Cl3N2. The van der Waals surface area contributed by atoms with Crippen LogP contribution >= 0.6 is 34.8 Å². The van der Waals surface area contributed by atoms with Crippen LogP contribution in [-0.4, -0.2) is 9.55 Å². The molecule has 2 atom stereocenters. The quantitative estimate of drug-likeness (QED) is 0.631. The second-order valence-electron chi connectivity index (χ2n) is 4.85. The fourth-order valence-corrected chi connectivity index (χ4v) is 2.87. The van der Waals surface area contributed by atoms with Gasteiger partial charge in [0.1, 0.15) is 5.82 Å². The van der Waals surface area contributed by atoms with Gasteiger partial charge in [0, 0.05) is 6.04 Å². The van der Waals surface area contributed by atoms with Crippen LogP contribution in [0.5, 0.6) is 0 Å². The van der Waals surface area contributed by atoms with Crippen molar-refractivity contribution in [1.29, 1.82) is 0 Å². The molecule has 2 rings (SSSR count). The molecular weight excluding hydrogens is 303 g/mol. The fraction of sp³-hybridized carbons (Fsp3) is 0.500. The van der Waals surface area contributed by atoms with Gasteiger partial charge < -0.3 is 4.57 Å². The summed E-state index contributed by atoms with van der Waals surface area (Å²) in [5, 5.41) is 0.924. The predicted octanol–water partition coefficient (Wildman–Crippen LogP) is 6.00. The van der Waals surface area contributed by atoms with E-state index in [1.165, 1.54) is 0 Å². The Morgan fingerprint density at radius 1 is 1.21 bits per heavy atom. The van der Waals surface area contributed by atoms with Crippen LogP contribution in [0.1, 0.15) is 50.9 Å². The van der Waals surface area contributed by atoms with E-state index in [0.29, 0.717) is 16.1 Å². The molecule has 0 aliphatic heterocycles. The normalized spacial score (nSPS) is 14.8. The van der Waals surface area contributed by atoms with Gasteiger partial charge in [-0.15, -0.1) is 11.6 Å². The van der Waals surface area contributed by atoms with Crippen molar-refractivity contribution < 1.29 is 0 Å². The molecule has 2 aromatic rings. The van der Waals surface area contributed by atoms with E-state index in [-0.39, 0.29) is 5.38 Å². The van der Waals surface area contributed by atoms with Gasteiger partial charge in [-0.1, -0.05) is 36.5 Å². The van der Waals surface area contributed by atoms with Gasteiger partial charge in [0.2, 0.25) is 0 Å². The monoisotopic (exact) mass is 318 g/mol. The zero-order valence-electron chi connectivity index (χ0n) is 11.3. The number of benzene rings is 1. The highest BCUT2D eigenvalue weighted by atomic mass is 35.5. The summed E-state index contributed by atoms with van der Waals surface area (Å²) < 4.78 is 2.18. The lowest BCUT2D eigenvalue weighted by atomic mass is 10.2. The first-order valence-electron chi connectivity index (χ1n) is 6.46. The lowest BCUT2D eigenvalue weighted by Gasteiger charge is -2.18. The van der Waals surface area contributed by atoms with Crippen LogP contribution in [0.25, 0.3) is 11.0 Å². The maximum absolute atomic E-state index is 6.25. The lowest BCUT2D eigenvalue weighted by molar-refractivity contribution is 0.494. The maximum Gasteiger partial charge on any atom is 0.127 e. The van der Waals surface area contributed by atoms with Crippen molar-refractivity contribution in [3.8, 4) is 0 Å². The minimum atomic E-state index is -0.149. The summed E-state index contributed by atoms with van der Waals surface area (Å²) in [5.41, 5.74) is 1.85. The van der Waals surface area contributed by atoms with Crippen LogP contribution in [0.2, 0.25) is 10.0 Å². The second-order valence-corrected chi connectivity index (χ2v) is 6.32. The largest absolute Gasteiger partial charge is 0.324 e. The Labute approximate surface area is 128 Å². The minimum absolute atomic E-state index is 0.149. The van der Waals surface area contributed by atoms with E-state index < -0.39 is 0 Å². The molecule has 0 aliphatic carbocycles. The van der Waals surface area contributed by atoms with Crippen LogP contribution < -0.4 is 0 Å². The van der Waals surface area contributed by atoms with Gasteiger partial charge in [-0.05, 0) is 32.4 Å². The zero-order valence-corrected chi connectivity index (χ0v) is 13.5. The Morgan fingerprint density at radius 3 is 2.42 bits per heavy atom. The smallest absolute Gasteiger partial charge is 0.127 e. The highest BCUT2D eigenvalue weighted by molar-refractivity contribution is 6.42. The Balaban J connectivity index is 2.69. The van der Waals surface area contributed by atoms with Gasteiger partial charge in [0.15, 0.2) is 0 Å². The molecule has 5 heteroatoms. The molecule has 2 unspecified atom stereocenters. The molecule has 0 fully saturated rings. The summed E-state index contributed by atoms with van der Waals surface area (Å²) in [6.45, 7) is 6.28. The Kier molecular flexibility index (Phi) is 4.65. The number of alkyl halides is 1. The molecule has 1 aromatic carbocycles. The van der Waals surface area contributed by atoms with Gasteiger partial charge in [-0.2, -0.15) is 0 Å². The number of hydrogen-bond acceptors (Lipinski definition) is 1. The molecule has 19 heavy (non-hydrogen) atoms. The molecule has 104 valence electrons. The number of imidazole rings is 1. The van der Waals surface area contributed by atoms with E-state index in [1.807, 2.05) is 13.0 Å². The molecule has 0 saturated heterocycles. The van der Waals surface area contributed by atoms with Crippen molar-refractivity contribution in [2.45, 2.75) is 45.0 Å². The third-order valence-corrected chi connectivity index (χ3v) is 4.18. The van der Waals surface area contributed by atoms with Crippen molar-refractivity contribution >= 4 is 45.8 Å². The van der Waals surface area contributed by atoms with Crippen LogP contribution in [0.4, 0.5) is 0 Å². The first-order chi connectivity index (χ1) is 8.95. The highest BCUT2D eigenvalue weighted by Crippen LogP contribution is 2.34. The van der Waals surface area contributed by atoms with Crippen LogP contribution in [0.3, 0.4) is 0 Å². The summed E-state index contributed by atoms with van der Waals surface area (Å²) in [7, 11) is 0. The van der Waals surface area contributed by atoms with Crippen LogP contribution in [0.15, 0.2) is 12.1 Å². The maximum atomic E-state index is 6.25. The SMILES string of the molecule is CCCC(C)n1c(C(C)Cl)nc2cc(Cl)c(Cl)cc21. The molecule has 0 aliphatic rings. The van der Waals surface area contributed by atoms with Crippen molar-refractivity contribution in [3.63, 3.8) is 0 Å². The van der Waals surface area contributed by atoms with E-state index >= 15 is 0 Å². The third-order valence-electron chi connectivity index (χ3n) is 3.26. The zero-order chi connectivity index (χ0) is 14.2. The molecule has 2 nitrogen and oxygen atoms in total. The molecule has 0 amide bonds. The van der Waals surface area contributed by atoms with Gasteiger partial charge >= 0.3 is 0 Å². The van der Waals surface area contributed by atoms with Crippen molar-refractivity contribution in [2.75, 3.05) is 0 Å². The van der Waals surface area contributed by atoms with Crippen molar-refractivity contribution in [1.82, 2.24) is 9.55 Å². The number of rotatable bonds is 4. The molecule has 0 spiro atoms. The average molecular weight is 320 g/mol. The first-order valence-corrected chi connectivity index (χ1v) is 7.65. The summed E-state index contributed by atoms with van der Waals surface area (Å²) in [6.07, 6.45) is 2.18. The predicted molar refractivity (Wildman–Crippen MR) is 83.6 cm³/mol. The third kappa shape index (κ3) is 2.86. The van der Waals surface area contributed by atoms with Gasteiger partial charge in [0.05, 0.1) is 26.5 Å². The van der Waals surface area contributed by atoms with E-state index in [1.54, 1.807) is 6.07 Å². The first kappa shape index (κ1) is 15.0. The fourth-order valence-electron chi connectivity index (χ4n) is 2.40. The highest BCUT2D eigenvalue weighted by Gasteiger charge is 2.19. The minimum Gasteiger partial charge on any atom is -0.324 e. The van der Waals surface area contributed by atoms with Crippen molar-refractivity contribution in [2.24, 2.45) is 0 Å². The van der Waals surface area contributed by atoms with Crippen molar-refractivity contribution in [3.05, 3.63) is 28.0 Å². The summed E-state index contributed by atoms with van der Waals surface area (Å²) in [5.74, 6) is 0.871. The van der Waals surface area contributed by atoms with E-state index in [2.05, 4.69) is 23.4 Å². The van der Waals surface area contributed by atoms with Crippen LogP contribution in [0, 0.1) is 0 Å². The summed E-state index contributed by atoms with van der Waals surface area (Å²) in [6, 6.07) is 4.02. The molecule has 0 saturated carbocycles. The number of nitrogens with zero attached hydrogens (tertiary/aromatic N) is 2. The van der Waals surface area contributed by atoms with Gasteiger partial charge in [0.25, 0.3) is 0 Å². The summed E-state index contributed by atoms with van der Waals surface area (Å²) in [4.78, 5) is 4.61. The number of hydrogen-bond donors (Lipinski definition) is 0. The molecule has 1 heterocycles. The number of fused-ring (bicyclic) bond motifs is 1. The van der Waals surface area contributed by atoms with E-state index in [4.69, 9.17) is 34.8 Å². The number of aromatic nitrogens is 2. The summed E-state index contributed by atoms with van der Waals surface area (Å²) >= 11 is 18.4. The number of halogens is 3. The second kappa shape index (κ2) is 5.90. The van der Waals surface area contributed by atoms with E-state index in [0.717, 1.165) is 29.7 Å². The lowest BCUT2D eigenvalue weighted by Crippen LogP contribution is -2.09. The molecule has 0 N–H and O–H groups in total. The van der Waals surface area contributed by atoms with Crippen LogP contribution in [-0.2, 0) is 0 Å². The standard InChI is InChI=1S/C14H17Cl3N2/c1-4-5-8(2)19-13-7-11(17)10(16)6-12(13)18-14(19)9(3)15/h6-9H,4-5H2,1-3H3. The van der Waals surface area contributed by atoms with Gasteiger partial charge in [-0.3, -0.25) is 0 Å². The Bertz CT molecular complexity index is 590. The molecule has 0 radical (unpaired) electrons.